The quantitative estimate of drug-likeness (QED) is 0.478. The minimum atomic E-state index is -2.34. The number of hydrogen-bond donors (Lipinski definition) is 0. The van der Waals surface area contributed by atoms with Gasteiger partial charge in [-0.1, -0.05) is 11.6 Å². The van der Waals surface area contributed by atoms with Crippen molar-refractivity contribution in [2.24, 2.45) is 0 Å². The molecule has 0 aliphatic heterocycles. The number of alkyl halides is 2. The lowest BCUT2D eigenvalue weighted by Gasteiger charge is -1.87. The number of allylic oxidation sites excluding steroid dienone is 1. The third kappa shape index (κ3) is 2.51. The van der Waals surface area contributed by atoms with E-state index in [9.17, 15) is 13.2 Å². The van der Waals surface area contributed by atoms with E-state index >= 15 is 0 Å². The van der Waals surface area contributed by atoms with Crippen LogP contribution in [0, 0.1) is 0 Å². The van der Waals surface area contributed by atoms with Gasteiger partial charge in [-0.25, -0.2) is 13.2 Å². The molecule has 0 aliphatic carbocycles. The molecule has 42 valence electrons. The van der Waals surface area contributed by atoms with Crippen LogP contribution in [0.5, 0.6) is 0 Å². The molecule has 0 aromatic rings. The molecule has 0 aliphatic rings. The zero-order chi connectivity index (χ0) is 5.86. The van der Waals surface area contributed by atoms with Crippen molar-refractivity contribution in [2.75, 3.05) is 0 Å². The summed E-state index contributed by atoms with van der Waals surface area (Å²) in [6.45, 7) is 0. The minimum absolute atomic E-state index is 0.516. The molecule has 0 fully saturated rings. The molecule has 0 nitrogen and oxygen atoms in total. The lowest BCUT2D eigenvalue weighted by molar-refractivity contribution is 0.405. The van der Waals surface area contributed by atoms with Crippen LogP contribution >= 0.6 is 11.6 Å². The zero-order valence-electron chi connectivity index (χ0n) is 3.17. The Hall–Kier alpha value is -0.180. The van der Waals surface area contributed by atoms with Crippen LogP contribution in [0.2, 0.25) is 0 Å². The zero-order valence-corrected chi connectivity index (χ0v) is 3.92. The number of rotatable bonds is 1. The highest BCUT2D eigenvalue weighted by molar-refractivity contribution is 6.21. The number of hydrogen-bond acceptors (Lipinski definition) is 0. The Labute approximate surface area is 43.6 Å². The van der Waals surface area contributed by atoms with Crippen molar-refractivity contribution >= 4 is 11.6 Å². The third-order valence-corrected chi connectivity index (χ3v) is 0.521. The van der Waals surface area contributed by atoms with E-state index in [0.29, 0.717) is 0 Å². The fraction of sp³-hybridized carbons (Fsp3) is 0.333. The molecule has 0 radical (unpaired) electrons. The molecule has 0 aromatic heterocycles. The van der Waals surface area contributed by atoms with Crippen molar-refractivity contribution in [3.8, 4) is 0 Å². The third-order valence-electron chi connectivity index (χ3n) is 0.313. The Morgan fingerprint density at radius 1 is 1.71 bits per heavy atom. The Morgan fingerprint density at radius 2 is 2.14 bits per heavy atom. The van der Waals surface area contributed by atoms with Crippen LogP contribution in [0.4, 0.5) is 13.2 Å². The van der Waals surface area contributed by atoms with Gasteiger partial charge < -0.3 is 0 Å². The second-order valence-corrected chi connectivity index (χ2v) is 1.18. The van der Waals surface area contributed by atoms with E-state index in [-0.39, 0.29) is 0 Å². The van der Waals surface area contributed by atoms with Crippen LogP contribution in [0.1, 0.15) is 0 Å². The highest BCUT2D eigenvalue weighted by Gasteiger charge is 2.05. The van der Waals surface area contributed by atoms with E-state index in [1.165, 1.54) is 0 Å². The van der Waals surface area contributed by atoms with Gasteiger partial charge in [-0.3, -0.25) is 0 Å². The standard InChI is InChI=1S/C3H2ClF3/c4-3(7)2(6)1-5/h1,3H/b2-1+. The van der Waals surface area contributed by atoms with Crippen LogP contribution in [0.15, 0.2) is 12.2 Å². The van der Waals surface area contributed by atoms with E-state index in [0.717, 1.165) is 0 Å². The van der Waals surface area contributed by atoms with Gasteiger partial charge >= 0.3 is 0 Å². The summed E-state index contributed by atoms with van der Waals surface area (Å²) >= 11 is 4.38. The Kier molecular flexibility index (Phi) is 2.83. The van der Waals surface area contributed by atoms with Crippen molar-refractivity contribution < 1.29 is 13.2 Å². The molecular weight excluding hydrogens is 128 g/mol. The first-order chi connectivity index (χ1) is 3.18. The molecule has 0 bridgehead atoms. The maximum Gasteiger partial charge on any atom is 0.226 e. The van der Waals surface area contributed by atoms with Crippen molar-refractivity contribution in [3.05, 3.63) is 12.2 Å². The second-order valence-electron chi connectivity index (χ2n) is 0.795. The van der Waals surface area contributed by atoms with Gasteiger partial charge in [0.15, 0.2) is 5.83 Å². The summed E-state index contributed by atoms with van der Waals surface area (Å²) in [7, 11) is 0. The molecule has 0 spiro atoms. The van der Waals surface area contributed by atoms with Gasteiger partial charge in [0.25, 0.3) is 0 Å². The molecule has 4 heteroatoms. The van der Waals surface area contributed by atoms with Gasteiger partial charge in [-0.2, -0.15) is 0 Å². The van der Waals surface area contributed by atoms with Gasteiger partial charge in [0, 0.05) is 0 Å². The summed E-state index contributed by atoms with van der Waals surface area (Å²) in [4.78, 5) is 0. The molecule has 0 rings (SSSR count). The fourth-order valence-corrected chi connectivity index (χ4v) is 0.0952. The average molecular weight is 130 g/mol. The minimum Gasteiger partial charge on any atom is -0.222 e. The molecule has 0 N–H and O–H groups in total. The Balaban J connectivity index is 3.56. The van der Waals surface area contributed by atoms with Crippen LogP contribution in [0.25, 0.3) is 0 Å². The smallest absolute Gasteiger partial charge is 0.222 e. The van der Waals surface area contributed by atoms with Crippen LogP contribution in [0.3, 0.4) is 0 Å². The fourth-order valence-electron chi connectivity index (χ4n) is 0.0476. The van der Waals surface area contributed by atoms with Crippen molar-refractivity contribution in [1.82, 2.24) is 0 Å². The average Bonchev–Trinajstić information content (AvgIpc) is 1.65. The highest BCUT2D eigenvalue weighted by atomic mass is 35.5. The Morgan fingerprint density at radius 3 is 2.14 bits per heavy atom. The van der Waals surface area contributed by atoms with Crippen molar-refractivity contribution in [3.63, 3.8) is 0 Å². The number of halogens is 4. The lowest BCUT2D eigenvalue weighted by Crippen LogP contribution is -1.85. The Bertz CT molecular complexity index is 78.2. The van der Waals surface area contributed by atoms with Crippen LogP contribution in [-0.4, -0.2) is 5.63 Å². The normalized spacial score (nSPS) is 16.9. The van der Waals surface area contributed by atoms with E-state index in [1.807, 2.05) is 0 Å². The second kappa shape index (κ2) is 2.91. The summed E-state index contributed by atoms with van der Waals surface area (Å²) in [6.07, 6.45) is -0.516. The largest absolute Gasteiger partial charge is 0.226 e. The monoisotopic (exact) mass is 130 g/mol. The van der Waals surface area contributed by atoms with Gasteiger partial charge in [0.2, 0.25) is 5.63 Å². The first kappa shape index (κ1) is 6.82. The summed E-state index contributed by atoms with van der Waals surface area (Å²) in [5.41, 5.74) is -2.34. The predicted molar refractivity (Wildman–Crippen MR) is 21.0 cm³/mol. The molecule has 0 saturated heterocycles. The first-order valence-electron chi connectivity index (χ1n) is 1.42. The van der Waals surface area contributed by atoms with Crippen LogP contribution in [-0.2, 0) is 0 Å². The lowest BCUT2D eigenvalue weighted by atomic mass is 10.7. The maximum absolute atomic E-state index is 11.2. The van der Waals surface area contributed by atoms with Gasteiger partial charge in [-0.05, 0) is 0 Å². The summed E-state index contributed by atoms with van der Waals surface area (Å²) in [6, 6.07) is 0. The van der Waals surface area contributed by atoms with Gasteiger partial charge in [0.05, 0.1) is 0 Å². The van der Waals surface area contributed by atoms with Crippen molar-refractivity contribution in [1.29, 1.82) is 0 Å². The predicted octanol–water partition coefficient (Wildman–Crippen LogP) is 2.30. The van der Waals surface area contributed by atoms with E-state index in [1.54, 1.807) is 0 Å². The molecule has 0 saturated carbocycles. The SMILES string of the molecule is F/C=C(/F)C(F)Cl. The highest BCUT2D eigenvalue weighted by Crippen LogP contribution is 2.11. The van der Waals surface area contributed by atoms with Crippen LogP contribution < -0.4 is 0 Å². The molecule has 0 aromatic carbocycles. The summed E-state index contributed by atoms with van der Waals surface area (Å²) < 4.78 is 33.2. The molecular formula is C3H2ClF3. The topological polar surface area (TPSA) is 0 Å². The van der Waals surface area contributed by atoms with E-state index < -0.39 is 17.8 Å². The molecule has 1 unspecified atom stereocenters. The maximum atomic E-state index is 11.2. The summed E-state index contributed by atoms with van der Waals surface area (Å²) in [5.74, 6) is -1.60. The van der Waals surface area contributed by atoms with E-state index in [4.69, 9.17) is 0 Å². The van der Waals surface area contributed by atoms with Crippen molar-refractivity contribution in [2.45, 2.75) is 5.63 Å². The molecule has 7 heavy (non-hydrogen) atoms. The molecule has 0 amide bonds. The molecule has 0 heterocycles. The van der Waals surface area contributed by atoms with E-state index in [2.05, 4.69) is 11.6 Å². The van der Waals surface area contributed by atoms with Gasteiger partial charge in [-0.15, -0.1) is 0 Å². The van der Waals surface area contributed by atoms with Gasteiger partial charge in [0.1, 0.15) is 6.33 Å². The summed E-state index contributed by atoms with van der Waals surface area (Å²) in [5, 5.41) is 0. The first-order valence-corrected chi connectivity index (χ1v) is 1.86. The molecule has 1 atom stereocenters.